The van der Waals surface area contributed by atoms with E-state index < -0.39 is 0 Å². The molecule has 0 saturated heterocycles. The molecule has 0 fully saturated rings. The second kappa shape index (κ2) is 8.01. The number of carbonyl (C=O) groups is 1. The topological polar surface area (TPSA) is 56.8 Å². The molecule has 1 N–H and O–H groups in total. The fraction of sp³-hybridized carbons (Fsp3) is 0.462. The molecule has 106 valence electrons. The van der Waals surface area contributed by atoms with Gasteiger partial charge in [0.05, 0.1) is 14.2 Å². The Morgan fingerprint density at radius 1 is 1.21 bits per heavy atom. The highest BCUT2D eigenvalue weighted by atomic mass is 79.9. The van der Waals surface area contributed by atoms with E-state index in [4.69, 9.17) is 14.2 Å². The predicted octanol–water partition coefficient (Wildman–Crippen LogP) is 2.23. The van der Waals surface area contributed by atoms with Crippen LogP contribution < -0.4 is 14.8 Å². The van der Waals surface area contributed by atoms with E-state index in [1.807, 2.05) is 0 Å². The van der Waals surface area contributed by atoms with Crippen molar-refractivity contribution in [2.45, 2.75) is 6.42 Å². The third-order valence-electron chi connectivity index (χ3n) is 2.52. The van der Waals surface area contributed by atoms with E-state index in [1.165, 1.54) is 0 Å². The molecule has 0 bridgehead atoms. The number of benzene rings is 1. The van der Waals surface area contributed by atoms with E-state index in [0.29, 0.717) is 34.7 Å². The van der Waals surface area contributed by atoms with Gasteiger partial charge in [-0.1, -0.05) is 0 Å². The largest absolute Gasteiger partial charge is 0.495 e. The molecule has 0 heterocycles. The lowest BCUT2D eigenvalue weighted by molar-refractivity contribution is 0.0948. The monoisotopic (exact) mass is 331 g/mol. The first-order chi connectivity index (χ1) is 9.13. The van der Waals surface area contributed by atoms with Gasteiger partial charge in [0, 0.05) is 25.8 Å². The van der Waals surface area contributed by atoms with Gasteiger partial charge in [-0.05, 0) is 34.5 Å². The quantitative estimate of drug-likeness (QED) is 0.778. The average molecular weight is 332 g/mol. The SMILES string of the molecule is COCCCNC(=O)c1cc(OC)c(Br)c(OC)c1. The summed E-state index contributed by atoms with van der Waals surface area (Å²) in [7, 11) is 4.71. The van der Waals surface area contributed by atoms with Crippen LogP contribution in [0.5, 0.6) is 11.5 Å². The van der Waals surface area contributed by atoms with Gasteiger partial charge in [0.15, 0.2) is 0 Å². The van der Waals surface area contributed by atoms with E-state index in [2.05, 4.69) is 21.2 Å². The summed E-state index contributed by atoms with van der Waals surface area (Å²) in [5, 5.41) is 2.81. The molecule has 0 radical (unpaired) electrons. The van der Waals surface area contributed by atoms with Crippen molar-refractivity contribution in [3.63, 3.8) is 0 Å². The van der Waals surface area contributed by atoms with Crippen LogP contribution in [-0.2, 0) is 4.74 Å². The first-order valence-corrected chi connectivity index (χ1v) is 6.62. The second-order valence-electron chi connectivity index (χ2n) is 3.80. The molecule has 0 saturated carbocycles. The Morgan fingerprint density at radius 3 is 2.26 bits per heavy atom. The van der Waals surface area contributed by atoms with E-state index in [1.54, 1.807) is 33.5 Å². The summed E-state index contributed by atoms with van der Waals surface area (Å²) in [4.78, 5) is 12.0. The van der Waals surface area contributed by atoms with Crippen molar-refractivity contribution in [1.82, 2.24) is 5.32 Å². The Bertz CT molecular complexity index is 412. The Labute approximate surface area is 121 Å². The van der Waals surface area contributed by atoms with Crippen LogP contribution in [0.3, 0.4) is 0 Å². The van der Waals surface area contributed by atoms with Crippen LogP contribution in [0.15, 0.2) is 16.6 Å². The molecule has 19 heavy (non-hydrogen) atoms. The van der Waals surface area contributed by atoms with Crippen LogP contribution in [0.25, 0.3) is 0 Å². The minimum Gasteiger partial charge on any atom is -0.495 e. The number of hydrogen-bond donors (Lipinski definition) is 1. The van der Waals surface area contributed by atoms with Gasteiger partial charge in [-0.15, -0.1) is 0 Å². The van der Waals surface area contributed by atoms with Crippen molar-refractivity contribution >= 4 is 21.8 Å². The van der Waals surface area contributed by atoms with Crippen molar-refractivity contribution in [3.05, 3.63) is 22.2 Å². The summed E-state index contributed by atoms with van der Waals surface area (Å²) < 4.78 is 16.0. The fourth-order valence-electron chi connectivity index (χ4n) is 1.52. The molecule has 1 rings (SSSR count). The Morgan fingerprint density at radius 2 is 1.79 bits per heavy atom. The third-order valence-corrected chi connectivity index (χ3v) is 3.30. The zero-order valence-corrected chi connectivity index (χ0v) is 12.9. The zero-order chi connectivity index (χ0) is 14.3. The van der Waals surface area contributed by atoms with Gasteiger partial charge in [-0.3, -0.25) is 4.79 Å². The normalized spacial score (nSPS) is 10.1. The zero-order valence-electron chi connectivity index (χ0n) is 11.3. The minimum atomic E-state index is -0.166. The van der Waals surface area contributed by atoms with Crippen molar-refractivity contribution in [2.24, 2.45) is 0 Å². The van der Waals surface area contributed by atoms with Crippen LogP contribution in [-0.4, -0.2) is 40.4 Å². The summed E-state index contributed by atoms with van der Waals surface area (Å²) in [6.07, 6.45) is 0.771. The summed E-state index contributed by atoms with van der Waals surface area (Å²) in [5.74, 6) is 0.947. The summed E-state index contributed by atoms with van der Waals surface area (Å²) in [6, 6.07) is 3.33. The van der Waals surface area contributed by atoms with Gasteiger partial charge in [-0.2, -0.15) is 0 Å². The van der Waals surface area contributed by atoms with E-state index in [-0.39, 0.29) is 5.91 Å². The molecule has 0 aliphatic carbocycles. The number of carbonyl (C=O) groups excluding carboxylic acids is 1. The minimum absolute atomic E-state index is 0.166. The third kappa shape index (κ3) is 4.40. The highest BCUT2D eigenvalue weighted by Gasteiger charge is 2.14. The first-order valence-electron chi connectivity index (χ1n) is 5.82. The van der Waals surface area contributed by atoms with Crippen molar-refractivity contribution in [2.75, 3.05) is 34.5 Å². The van der Waals surface area contributed by atoms with Crippen LogP contribution in [0.4, 0.5) is 0 Å². The van der Waals surface area contributed by atoms with E-state index in [9.17, 15) is 4.79 Å². The van der Waals surface area contributed by atoms with Gasteiger partial charge in [0.1, 0.15) is 16.0 Å². The molecular weight excluding hydrogens is 314 g/mol. The molecule has 0 aliphatic rings. The Balaban J connectivity index is 2.79. The number of ether oxygens (including phenoxy) is 3. The van der Waals surface area contributed by atoms with E-state index >= 15 is 0 Å². The van der Waals surface area contributed by atoms with Gasteiger partial charge < -0.3 is 19.5 Å². The van der Waals surface area contributed by atoms with Crippen molar-refractivity contribution < 1.29 is 19.0 Å². The number of hydrogen-bond acceptors (Lipinski definition) is 4. The van der Waals surface area contributed by atoms with Gasteiger partial charge in [0.25, 0.3) is 5.91 Å². The number of amides is 1. The summed E-state index contributed by atoms with van der Waals surface area (Å²) in [5.41, 5.74) is 0.495. The molecule has 1 aromatic carbocycles. The standard InChI is InChI=1S/C13H18BrNO4/c1-17-6-4-5-15-13(16)9-7-10(18-2)12(14)11(8-9)19-3/h7-8H,4-6H2,1-3H3,(H,15,16). The van der Waals surface area contributed by atoms with Gasteiger partial charge in [-0.25, -0.2) is 0 Å². The van der Waals surface area contributed by atoms with Crippen LogP contribution in [0.1, 0.15) is 16.8 Å². The molecule has 0 aliphatic heterocycles. The lowest BCUT2D eigenvalue weighted by atomic mass is 10.2. The highest BCUT2D eigenvalue weighted by molar-refractivity contribution is 9.10. The number of halogens is 1. The summed E-state index contributed by atoms with van der Waals surface area (Å²) >= 11 is 3.36. The lowest BCUT2D eigenvalue weighted by Gasteiger charge is -2.11. The maximum atomic E-state index is 12.0. The van der Waals surface area contributed by atoms with Crippen LogP contribution >= 0.6 is 15.9 Å². The van der Waals surface area contributed by atoms with Gasteiger partial charge in [0.2, 0.25) is 0 Å². The van der Waals surface area contributed by atoms with Crippen molar-refractivity contribution in [3.8, 4) is 11.5 Å². The fourth-order valence-corrected chi connectivity index (χ4v) is 2.07. The molecule has 6 heteroatoms. The Kier molecular flexibility index (Phi) is 6.66. The average Bonchev–Trinajstić information content (AvgIpc) is 2.43. The Hall–Kier alpha value is -1.27. The number of rotatable bonds is 7. The van der Waals surface area contributed by atoms with E-state index in [0.717, 1.165) is 6.42 Å². The second-order valence-corrected chi connectivity index (χ2v) is 4.59. The maximum Gasteiger partial charge on any atom is 0.251 e. The first kappa shape index (κ1) is 15.8. The molecule has 0 spiro atoms. The predicted molar refractivity (Wildman–Crippen MR) is 76.1 cm³/mol. The smallest absolute Gasteiger partial charge is 0.251 e. The maximum absolute atomic E-state index is 12.0. The molecule has 0 aromatic heterocycles. The van der Waals surface area contributed by atoms with Crippen LogP contribution in [0.2, 0.25) is 0 Å². The molecule has 5 nitrogen and oxygen atoms in total. The highest BCUT2D eigenvalue weighted by Crippen LogP contribution is 2.35. The summed E-state index contributed by atoms with van der Waals surface area (Å²) in [6.45, 7) is 1.18. The van der Waals surface area contributed by atoms with Gasteiger partial charge >= 0.3 is 0 Å². The molecule has 0 unspecified atom stereocenters. The molecule has 1 amide bonds. The molecule has 1 aromatic rings. The number of nitrogens with one attached hydrogen (secondary N) is 1. The van der Waals surface area contributed by atoms with Crippen LogP contribution in [0, 0.1) is 0 Å². The van der Waals surface area contributed by atoms with Crippen molar-refractivity contribution in [1.29, 1.82) is 0 Å². The molecule has 0 atom stereocenters. The lowest BCUT2D eigenvalue weighted by Crippen LogP contribution is -2.25. The number of methoxy groups -OCH3 is 3. The molecular formula is C13H18BrNO4.